The van der Waals surface area contributed by atoms with Gasteiger partial charge in [-0.3, -0.25) is 0 Å². The van der Waals surface area contributed by atoms with Crippen LogP contribution < -0.4 is 0 Å². The van der Waals surface area contributed by atoms with E-state index < -0.39 is 5.60 Å². The van der Waals surface area contributed by atoms with Gasteiger partial charge in [0.05, 0.1) is 0 Å². The van der Waals surface area contributed by atoms with E-state index in [-0.39, 0.29) is 5.92 Å². The van der Waals surface area contributed by atoms with E-state index in [2.05, 4.69) is 26.8 Å². The molecule has 2 nitrogen and oxygen atoms in total. The fourth-order valence-corrected chi connectivity index (χ4v) is 3.37. The molecule has 2 heteroatoms. The summed E-state index contributed by atoms with van der Waals surface area (Å²) in [6.07, 6.45) is 3.07. The Balaban J connectivity index is 2.07. The lowest BCUT2D eigenvalue weighted by Crippen LogP contribution is -2.40. The number of benzene rings is 1. The molecule has 1 fully saturated rings. The van der Waals surface area contributed by atoms with Crippen LogP contribution in [-0.2, 0) is 5.60 Å². The number of hydrogen-bond acceptors (Lipinski definition) is 2. The van der Waals surface area contributed by atoms with Crippen molar-refractivity contribution in [3.8, 4) is 0 Å². The maximum Gasteiger partial charge on any atom is 0.137 e. The Labute approximate surface area is 114 Å². The van der Waals surface area contributed by atoms with Crippen LogP contribution in [0, 0.1) is 18.8 Å². The van der Waals surface area contributed by atoms with E-state index in [1.807, 2.05) is 18.2 Å². The number of aryl methyl sites for hydroxylation is 1. The maximum absolute atomic E-state index is 11.1. The molecule has 1 N–H and O–H groups in total. The average molecular weight is 258 g/mol. The van der Waals surface area contributed by atoms with Crippen LogP contribution in [0.4, 0.5) is 0 Å². The highest BCUT2D eigenvalue weighted by Crippen LogP contribution is 2.45. The van der Waals surface area contributed by atoms with Crippen LogP contribution in [0.5, 0.6) is 0 Å². The molecule has 3 atom stereocenters. The lowest BCUT2D eigenvalue weighted by molar-refractivity contribution is -0.0830. The monoisotopic (exact) mass is 258 g/mol. The lowest BCUT2D eigenvalue weighted by Gasteiger charge is -2.40. The third kappa shape index (κ3) is 1.99. The molecule has 0 amide bonds. The summed E-state index contributed by atoms with van der Waals surface area (Å²) in [7, 11) is 0. The van der Waals surface area contributed by atoms with Crippen molar-refractivity contribution in [2.24, 2.45) is 11.8 Å². The van der Waals surface area contributed by atoms with Gasteiger partial charge in [0.15, 0.2) is 0 Å². The SMILES string of the molecule is Cc1ccc2oc(C3(O)CCCC(C)C3C)cc2c1. The molecule has 3 rings (SSSR count). The van der Waals surface area contributed by atoms with Crippen LogP contribution in [0.15, 0.2) is 28.7 Å². The Morgan fingerprint density at radius 2 is 2.05 bits per heavy atom. The Morgan fingerprint density at radius 1 is 1.26 bits per heavy atom. The van der Waals surface area contributed by atoms with E-state index in [4.69, 9.17) is 4.42 Å². The van der Waals surface area contributed by atoms with Gasteiger partial charge < -0.3 is 9.52 Å². The summed E-state index contributed by atoms with van der Waals surface area (Å²) in [5, 5.41) is 12.1. The molecule has 0 bridgehead atoms. The van der Waals surface area contributed by atoms with E-state index in [0.717, 1.165) is 29.6 Å². The minimum Gasteiger partial charge on any atom is -0.458 e. The van der Waals surface area contributed by atoms with E-state index in [1.54, 1.807) is 0 Å². The molecule has 0 radical (unpaired) electrons. The zero-order valence-corrected chi connectivity index (χ0v) is 11.9. The molecule has 19 heavy (non-hydrogen) atoms. The predicted octanol–water partition coefficient (Wildman–Crippen LogP) is 4.38. The highest BCUT2D eigenvalue weighted by Gasteiger charge is 2.43. The molecule has 1 aliphatic rings. The Hall–Kier alpha value is -1.28. The zero-order valence-electron chi connectivity index (χ0n) is 11.9. The molecule has 102 valence electrons. The van der Waals surface area contributed by atoms with E-state index >= 15 is 0 Å². The summed E-state index contributed by atoms with van der Waals surface area (Å²) in [6.45, 7) is 6.44. The van der Waals surface area contributed by atoms with Gasteiger partial charge in [0.2, 0.25) is 0 Å². The average Bonchev–Trinajstić information content (AvgIpc) is 2.79. The van der Waals surface area contributed by atoms with Crippen molar-refractivity contribution in [3.05, 3.63) is 35.6 Å². The number of furan rings is 1. The summed E-state index contributed by atoms with van der Waals surface area (Å²) in [6, 6.07) is 8.18. The third-order valence-corrected chi connectivity index (χ3v) is 4.92. The molecule has 1 heterocycles. The molecule has 1 aliphatic carbocycles. The molecule has 0 saturated heterocycles. The number of hydrogen-bond donors (Lipinski definition) is 1. The van der Waals surface area contributed by atoms with Crippen molar-refractivity contribution in [2.75, 3.05) is 0 Å². The third-order valence-electron chi connectivity index (χ3n) is 4.92. The molecule has 3 unspecified atom stereocenters. The van der Waals surface area contributed by atoms with Gasteiger partial charge in [0, 0.05) is 5.39 Å². The van der Waals surface area contributed by atoms with Crippen molar-refractivity contribution in [2.45, 2.75) is 45.6 Å². The van der Waals surface area contributed by atoms with Gasteiger partial charge in [0.25, 0.3) is 0 Å². The van der Waals surface area contributed by atoms with Gasteiger partial charge in [-0.25, -0.2) is 0 Å². The first-order valence-electron chi connectivity index (χ1n) is 7.24. The van der Waals surface area contributed by atoms with Crippen molar-refractivity contribution in [1.29, 1.82) is 0 Å². The zero-order chi connectivity index (χ0) is 13.6. The molecule has 1 saturated carbocycles. The summed E-state index contributed by atoms with van der Waals surface area (Å²) in [5.74, 6) is 1.52. The second kappa shape index (κ2) is 4.38. The molecular weight excluding hydrogens is 236 g/mol. The van der Waals surface area contributed by atoms with Gasteiger partial charge >= 0.3 is 0 Å². The van der Waals surface area contributed by atoms with E-state index in [1.165, 1.54) is 12.0 Å². The second-order valence-electron chi connectivity index (χ2n) is 6.23. The highest BCUT2D eigenvalue weighted by atomic mass is 16.4. The molecule has 1 aromatic heterocycles. The Bertz CT molecular complexity index is 598. The first-order chi connectivity index (χ1) is 9.00. The quantitative estimate of drug-likeness (QED) is 0.823. The fraction of sp³-hybridized carbons (Fsp3) is 0.529. The van der Waals surface area contributed by atoms with Crippen LogP contribution in [0.2, 0.25) is 0 Å². The summed E-state index contributed by atoms with van der Waals surface area (Å²) in [5.41, 5.74) is 1.29. The summed E-state index contributed by atoms with van der Waals surface area (Å²) < 4.78 is 5.93. The number of rotatable bonds is 1. The van der Waals surface area contributed by atoms with Crippen molar-refractivity contribution >= 4 is 11.0 Å². The first kappa shape index (κ1) is 12.7. The minimum atomic E-state index is -0.801. The molecule has 0 spiro atoms. The number of aliphatic hydroxyl groups is 1. The molecule has 0 aliphatic heterocycles. The van der Waals surface area contributed by atoms with Crippen molar-refractivity contribution < 1.29 is 9.52 Å². The van der Waals surface area contributed by atoms with Crippen LogP contribution in [0.1, 0.15) is 44.4 Å². The van der Waals surface area contributed by atoms with E-state index in [9.17, 15) is 5.11 Å². The van der Waals surface area contributed by atoms with Crippen LogP contribution in [-0.4, -0.2) is 5.11 Å². The maximum atomic E-state index is 11.1. The van der Waals surface area contributed by atoms with Crippen LogP contribution >= 0.6 is 0 Å². The second-order valence-corrected chi connectivity index (χ2v) is 6.23. The van der Waals surface area contributed by atoms with Crippen LogP contribution in [0.25, 0.3) is 11.0 Å². The first-order valence-corrected chi connectivity index (χ1v) is 7.24. The van der Waals surface area contributed by atoms with Crippen LogP contribution in [0.3, 0.4) is 0 Å². The fourth-order valence-electron chi connectivity index (χ4n) is 3.37. The smallest absolute Gasteiger partial charge is 0.137 e. The highest BCUT2D eigenvalue weighted by molar-refractivity contribution is 5.78. The van der Waals surface area contributed by atoms with Crippen molar-refractivity contribution in [1.82, 2.24) is 0 Å². The van der Waals surface area contributed by atoms with Gasteiger partial charge in [-0.2, -0.15) is 0 Å². The van der Waals surface area contributed by atoms with Crippen molar-refractivity contribution in [3.63, 3.8) is 0 Å². The minimum absolute atomic E-state index is 0.239. The molecule has 1 aromatic carbocycles. The van der Waals surface area contributed by atoms with Gasteiger partial charge in [-0.05, 0) is 49.8 Å². The molecule has 2 aromatic rings. The normalized spacial score (nSPS) is 31.8. The standard InChI is InChI=1S/C17H22O2/c1-11-6-7-15-14(9-11)10-16(19-15)17(18)8-4-5-12(2)13(17)3/h6-7,9-10,12-13,18H,4-5,8H2,1-3H3. The van der Waals surface area contributed by atoms with E-state index in [0.29, 0.717) is 5.92 Å². The topological polar surface area (TPSA) is 33.4 Å². The van der Waals surface area contributed by atoms with Gasteiger partial charge in [-0.1, -0.05) is 31.9 Å². The summed E-state index contributed by atoms with van der Waals surface area (Å²) >= 11 is 0. The predicted molar refractivity (Wildman–Crippen MR) is 77.0 cm³/mol. The summed E-state index contributed by atoms with van der Waals surface area (Å²) in [4.78, 5) is 0. The number of fused-ring (bicyclic) bond motifs is 1. The molecular formula is C17H22O2. The Kier molecular flexibility index (Phi) is 2.94. The van der Waals surface area contributed by atoms with Gasteiger partial charge in [-0.15, -0.1) is 0 Å². The largest absolute Gasteiger partial charge is 0.458 e. The lowest BCUT2D eigenvalue weighted by atomic mass is 9.69. The Morgan fingerprint density at radius 3 is 2.84 bits per heavy atom. The van der Waals surface area contributed by atoms with Gasteiger partial charge in [0.1, 0.15) is 16.9 Å².